The van der Waals surface area contributed by atoms with Crippen LogP contribution in [0, 0.1) is 5.82 Å². The zero-order valence-electron chi connectivity index (χ0n) is 24.0. The summed E-state index contributed by atoms with van der Waals surface area (Å²) < 4.78 is 42.9. The lowest BCUT2D eigenvalue weighted by atomic mass is 10.0. The molecule has 1 aliphatic rings. The number of sulfone groups is 1. The molecule has 224 valence electrons. The number of carbonyl (C=O) groups is 1. The largest absolute Gasteiger partial charge is 0.355 e. The summed E-state index contributed by atoms with van der Waals surface area (Å²) in [6.07, 6.45) is 6.38. The molecule has 1 aliphatic heterocycles. The third kappa shape index (κ3) is 5.50. The molecule has 1 saturated heterocycles. The van der Waals surface area contributed by atoms with Crippen molar-refractivity contribution in [1.29, 1.82) is 0 Å². The fourth-order valence-corrected chi connectivity index (χ4v) is 6.32. The Morgan fingerprint density at radius 2 is 1.95 bits per heavy atom. The van der Waals surface area contributed by atoms with Gasteiger partial charge in [0.1, 0.15) is 17.3 Å². The number of fused-ring (bicyclic) bond motifs is 1. The van der Waals surface area contributed by atoms with Crippen LogP contribution in [0.25, 0.3) is 28.0 Å². The van der Waals surface area contributed by atoms with Gasteiger partial charge in [-0.05, 0) is 42.7 Å². The quantitative estimate of drug-likeness (QED) is 0.294. The van der Waals surface area contributed by atoms with Gasteiger partial charge in [0.15, 0.2) is 20.5 Å². The Kier molecular flexibility index (Phi) is 8.05. The van der Waals surface area contributed by atoms with Gasteiger partial charge >= 0.3 is 5.69 Å². The first-order chi connectivity index (χ1) is 20.3. The molecule has 1 amide bonds. The number of piperazine rings is 1. The number of anilines is 1. The Morgan fingerprint density at radius 3 is 2.58 bits per heavy atom. The number of rotatable bonds is 6. The number of aromatic nitrogens is 5. The van der Waals surface area contributed by atoms with E-state index in [2.05, 4.69) is 26.5 Å². The van der Waals surface area contributed by atoms with Crippen molar-refractivity contribution in [3.8, 4) is 16.9 Å². The molecule has 0 N–H and O–H groups in total. The molecule has 14 heteroatoms. The minimum Gasteiger partial charge on any atom is -0.350 e. The first kappa shape index (κ1) is 30.2. The van der Waals surface area contributed by atoms with Gasteiger partial charge in [0.05, 0.1) is 16.1 Å². The summed E-state index contributed by atoms with van der Waals surface area (Å²) in [7, 11) is -3.94. The molecule has 0 bridgehead atoms. The fourth-order valence-electron chi connectivity index (χ4n) is 5.29. The van der Waals surface area contributed by atoms with Crippen LogP contribution in [0.15, 0.2) is 59.3 Å². The second-order valence-electron chi connectivity index (χ2n) is 10.6. The Balaban J connectivity index is 1.88. The van der Waals surface area contributed by atoms with Crippen molar-refractivity contribution in [2.45, 2.75) is 37.8 Å². The zero-order valence-corrected chi connectivity index (χ0v) is 25.5. The van der Waals surface area contributed by atoms with Gasteiger partial charge in [-0.15, -0.1) is 0 Å². The van der Waals surface area contributed by atoms with Gasteiger partial charge in [-0.3, -0.25) is 9.78 Å². The lowest BCUT2D eigenvalue weighted by Crippen LogP contribution is -2.54. The lowest BCUT2D eigenvalue weighted by molar-refractivity contribution is -0.126. The molecular weight excluding hydrogens is 597 g/mol. The van der Waals surface area contributed by atoms with E-state index in [1.54, 1.807) is 11.0 Å². The Bertz CT molecular complexity index is 1950. The highest BCUT2D eigenvalue weighted by Crippen LogP contribution is 2.35. The molecule has 0 unspecified atom stereocenters. The second kappa shape index (κ2) is 11.5. The van der Waals surface area contributed by atoms with E-state index in [9.17, 15) is 18.0 Å². The maximum Gasteiger partial charge on any atom is 0.355 e. The van der Waals surface area contributed by atoms with Gasteiger partial charge in [-0.2, -0.15) is 4.98 Å². The van der Waals surface area contributed by atoms with Crippen molar-refractivity contribution < 1.29 is 17.6 Å². The Labute approximate surface area is 252 Å². The van der Waals surface area contributed by atoms with Gasteiger partial charge in [-0.25, -0.2) is 32.1 Å². The molecule has 0 aliphatic carbocycles. The number of nitrogens with zero attached hydrogens (tertiary/aromatic N) is 7. The smallest absolute Gasteiger partial charge is 0.350 e. The fraction of sp³-hybridized carbons (Fsp3) is 0.310. The highest BCUT2D eigenvalue weighted by Gasteiger charge is 2.32. The summed E-state index contributed by atoms with van der Waals surface area (Å²) in [6, 6.07) is 4.03. The molecule has 0 spiro atoms. The minimum atomic E-state index is -3.94. The zero-order chi connectivity index (χ0) is 31.2. The lowest BCUT2D eigenvalue weighted by Gasteiger charge is -2.40. The topological polar surface area (TPSA) is 131 Å². The van der Waals surface area contributed by atoms with E-state index in [0.717, 1.165) is 10.8 Å². The molecule has 4 aromatic rings. The molecule has 1 fully saturated rings. The van der Waals surface area contributed by atoms with Crippen molar-refractivity contribution in [3.05, 3.63) is 76.3 Å². The number of hydrogen-bond donors (Lipinski definition) is 0. The van der Waals surface area contributed by atoms with Crippen LogP contribution in [0.3, 0.4) is 0 Å². The number of amides is 1. The molecule has 5 heterocycles. The van der Waals surface area contributed by atoms with Gasteiger partial charge in [0, 0.05) is 56.1 Å². The van der Waals surface area contributed by atoms with Crippen molar-refractivity contribution in [1.82, 2.24) is 29.4 Å². The van der Waals surface area contributed by atoms with Crippen molar-refractivity contribution in [3.63, 3.8) is 0 Å². The predicted molar refractivity (Wildman–Crippen MR) is 162 cm³/mol. The maximum atomic E-state index is 15.9. The van der Waals surface area contributed by atoms with Gasteiger partial charge in [0.2, 0.25) is 5.91 Å². The first-order valence-corrected chi connectivity index (χ1v) is 15.7. The molecule has 0 radical (unpaired) electrons. The van der Waals surface area contributed by atoms with E-state index < -0.39 is 21.3 Å². The second-order valence-corrected chi connectivity index (χ2v) is 12.9. The third-order valence-electron chi connectivity index (χ3n) is 7.33. The van der Waals surface area contributed by atoms with E-state index in [1.165, 1.54) is 36.8 Å². The van der Waals surface area contributed by atoms with Crippen LogP contribution in [-0.4, -0.2) is 75.7 Å². The average Bonchev–Trinajstić information content (AvgIpc) is 2.96. The minimum absolute atomic E-state index is 0.00520. The van der Waals surface area contributed by atoms with Crippen molar-refractivity contribution in [2.75, 3.05) is 30.8 Å². The maximum absolute atomic E-state index is 15.9. The van der Waals surface area contributed by atoms with Gasteiger partial charge in [-0.1, -0.05) is 32.0 Å². The average molecular weight is 626 g/mol. The van der Waals surface area contributed by atoms with E-state index in [4.69, 9.17) is 11.6 Å². The summed E-state index contributed by atoms with van der Waals surface area (Å²) in [5, 5.41) is -0.0373. The summed E-state index contributed by atoms with van der Waals surface area (Å²) in [6.45, 7) is 10.0. The van der Waals surface area contributed by atoms with Crippen LogP contribution in [0.5, 0.6) is 0 Å². The third-order valence-corrected chi connectivity index (χ3v) is 8.64. The van der Waals surface area contributed by atoms with E-state index in [-0.39, 0.29) is 61.7 Å². The Morgan fingerprint density at radius 1 is 1.21 bits per heavy atom. The molecule has 0 aromatic carbocycles. The van der Waals surface area contributed by atoms with Crippen LogP contribution in [0.4, 0.5) is 10.2 Å². The molecule has 11 nitrogen and oxygen atoms in total. The van der Waals surface area contributed by atoms with E-state index in [1.807, 2.05) is 25.7 Å². The highest BCUT2D eigenvalue weighted by atomic mass is 35.5. The molecule has 43 heavy (non-hydrogen) atoms. The number of pyridine rings is 3. The molecular formula is C29H29ClFN7O4S. The van der Waals surface area contributed by atoms with Crippen molar-refractivity contribution in [2.24, 2.45) is 0 Å². The summed E-state index contributed by atoms with van der Waals surface area (Å²) in [5.41, 5.74) is -0.282. The van der Waals surface area contributed by atoms with Crippen LogP contribution in [0.2, 0.25) is 5.02 Å². The van der Waals surface area contributed by atoms with Gasteiger partial charge in [0.25, 0.3) is 0 Å². The predicted octanol–water partition coefficient (Wildman–Crippen LogP) is 3.78. The number of carbonyl (C=O) groups excluding carboxylic acids is 1. The molecule has 1 atom stereocenters. The normalized spacial score (nSPS) is 15.7. The van der Waals surface area contributed by atoms with E-state index >= 15 is 4.39 Å². The van der Waals surface area contributed by atoms with Crippen molar-refractivity contribution >= 4 is 44.2 Å². The number of hydrogen-bond acceptors (Lipinski definition) is 9. The van der Waals surface area contributed by atoms with E-state index in [0.29, 0.717) is 25.2 Å². The van der Waals surface area contributed by atoms with Crippen LogP contribution in [-0.2, 0) is 14.6 Å². The van der Waals surface area contributed by atoms with Crippen LogP contribution >= 0.6 is 11.6 Å². The first-order valence-electron chi connectivity index (χ1n) is 13.4. The summed E-state index contributed by atoms with van der Waals surface area (Å²) in [4.78, 5) is 46.8. The number of halogens is 2. The van der Waals surface area contributed by atoms with Gasteiger partial charge < -0.3 is 9.80 Å². The Hall–Kier alpha value is -4.23. The molecule has 5 rings (SSSR count). The summed E-state index contributed by atoms with van der Waals surface area (Å²) >= 11 is 6.36. The molecule has 0 saturated carbocycles. The highest BCUT2D eigenvalue weighted by molar-refractivity contribution is 7.90. The summed E-state index contributed by atoms with van der Waals surface area (Å²) in [5.74, 6) is -1.03. The SMILES string of the molecule is C=CC(=O)N1CCN(c2nc(=O)n(-c3c(C(C)C)ccnc3S(C)(=O)=O)c3nc(-c4ccncc4Cl)c(F)cc23)[C@@H](C)C1. The molecule has 4 aromatic heterocycles. The van der Waals surface area contributed by atoms with Crippen LogP contribution < -0.4 is 10.6 Å². The monoisotopic (exact) mass is 625 g/mol. The van der Waals surface area contributed by atoms with Crippen LogP contribution in [0.1, 0.15) is 32.3 Å². The standard InChI is InChI=1S/C29H29ClFN7O4S/c1-6-23(39)36-11-12-37(17(4)15-36)26-20-13-22(31)24(19-7-9-32-14-21(19)30)34-27(20)38(29(40)35-26)25-18(16(2)3)8-10-33-28(25)43(5,41)42/h6-10,13-14,16-17H,1,11-12,15H2,2-5H3/t17-/m0/s1.